The third kappa shape index (κ3) is 3.98. The Morgan fingerprint density at radius 2 is 1.84 bits per heavy atom. The summed E-state index contributed by atoms with van der Waals surface area (Å²) in [6, 6.07) is 6.71. The normalized spacial score (nSPS) is 15.2. The number of hydrogen-bond donors (Lipinski definition) is 2. The number of rotatable bonds is 5. The Balaban J connectivity index is 1.77. The minimum atomic E-state index is -0.481. The van der Waals surface area contributed by atoms with Crippen molar-refractivity contribution in [1.82, 2.24) is 5.32 Å². The van der Waals surface area contributed by atoms with Crippen molar-refractivity contribution in [3.05, 3.63) is 29.8 Å². The number of carbonyl (C=O) groups excluding carboxylic acids is 2. The highest BCUT2D eigenvalue weighted by molar-refractivity contribution is 5.92. The molecule has 5 heteroatoms. The molecule has 102 valence electrons. The molecule has 0 saturated heterocycles. The van der Waals surface area contributed by atoms with Gasteiger partial charge in [-0.2, -0.15) is 0 Å². The lowest BCUT2D eigenvalue weighted by Gasteiger charge is -2.12. The van der Waals surface area contributed by atoms with Crippen molar-refractivity contribution in [1.29, 1.82) is 0 Å². The highest BCUT2D eigenvalue weighted by atomic mass is 16.5. The van der Waals surface area contributed by atoms with Crippen LogP contribution in [0.1, 0.15) is 36.0 Å². The predicted octanol–water partition coefficient (Wildman–Crippen LogP) is 1.22. The zero-order valence-corrected chi connectivity index (χ0v) is 10.7. The van der Waals surface area contributed by atoms with Crippen LogP contribution in [-0.4, -0.2) is 24.5 Å². The molecular formula is C14H18N2O3. The van der Waals surface area contributed by atoms with E-state index in [1.807, 2.05) is 0 Å². The maximum Gasteiger partial charge on any atom is 0.258 e. The second-order valence-corrected chi connectivity index (χ2v) is 4.73. The molecule has 2 rings (SSSR count). The Morgan fingerprint density at radius 3 is 2.42 bits per heavy atom. The molecule has 1 aliphatic rings. The Labute approximate surface area is 112 Å². The van der Waals surface area contributed by atoms with Gasteiger partial charge in [0, 0.05) is 11.6 Å². The fraction of sp³-hybridized carbons (Fsp3) is 0.429. The topological polar surface area (TPSA) is 81.4 Å². The summed E-state index contributed by atoms with van der Waals surface area (Å²) in [5.74, 6) is -0.0389. The highest BCUT2D eigenvalue weighted by Gasteiger charge is 2.17. The molecule has 1 saturated carbocycles. The molecule has 0 atom stereocenters. The van der Waals surface area contributed by atoms with E-state index in [9.17, 15) is 9.59 Å². The molecule has 5 nitrogen and oxygen atoms in total. The van der Waals surface area contributed by atoms with Gasteiger partial charge in [0.2, 0.25) is 5.91 Å². The van der Waals surface area contributed by atoms with Gasteiger partial charge in [0.1, 0.15) is 5.75 Å². The summed E-state index contributed by atoms with van der Waals surface area (Å²) in [5, 5.41) is 2.94. The Bertz CT molecular complexity index is 450. The van der Waals surface area contributed by atoms with Crippen LogP contribution in [-0.2, 0) is 4.79 Å². The van der Waals surface area contributed by atoms with E-state index in [2.05, 4.69) is 5.32 Å². The monoisotopic (exact) mass is 262 g/mol. The van der Waals surface area contributed by atoms with Gasteiger partial charge in [-0.3, -0.25) is 9.59 Å². The van der Waals surface area contributed by atoms with Crippen molar-refractivity contribution in [3.63, 3.8) is 0 Å². The van der Waals surface area contributed by atoms with Gasteiger partial charge in [0.15, 0.2) is 6.61 Å². The quantitative estimate of drug-likeness (QED) is 0.837. The molecule has 19 heavy (non-hydrogen) atoms. The fourth-order valence-electron chi connectivity index (χ4n) is 2.20. The van der Waals surface area contributed by atoms with Crippen LogP contribution in [0.5, 0.6) is 5.75 Å². The third-order valence-corrected chi connectivity index (χ3v) is 3.23. The summed E-state index contributed by atoms with van der Waals surface area (Å²) in [4.78, 5) is 22.5. The number of nitrogens with one attached hydrogen (secondary N) is 1. The number of ether oxygens (including phenoxy) is 1. The minimum Gasteiger partial charge on any atom is -0.484 e. The molecule has 0 aliphatic heterocycles. The second-order valence-electron chi connectivity index (χ2n) is 4.73. The molecule has 0 aromatic heterocycles. The van der Waals surface area contributed by atoms with E-state index in [1.165, 1.54) is 12.8 Å². The van der Waals surface area contributed by atoms with Crippen LogP contribution >= 0.6 is 0 Å². The van der Waals surface area contributed by atoms with Gasteiger partial charge in [-0.25, -0.2) is 0 Å². The first-order valence-corrected chi connectivity index (χ1v) is 6.47. The van der Waals surface area contributed by atoms with Crippen molar-refractivity contribution >= 4 is 11.8 Å². The molecule has 1 aliphatic carbocycles. The Morgan fingerprint density at radius 1 is 1.21 bits per heavy atom. The molecule has 2 amide bonds. The summed E-state index contributed by atoms with van der Waals surface area (Å²) in [6.45, 7) is -0.00752. The standard InChI is InChI=1S/C14H18N2O3/c15-14(18)10-5-7-12(8-6-10)19-9-13(17)16-11-3-1-2-4-11/h5-8,11H,1-4,9H2,(H2,15,18)(H,16,17). The Hall–Kier alpha value is -2.04. The van der Waals surface area contributed by atoms with Gasteiger partial charge in [-0.05, 0) is 37.1 Å². The summed E-state index contributed by atoms with van der Waals surface area (Å²) < 4.78 is 5.35. The minimum absolute atomic E-state index is 0.00752. The lowest BCUT2D eigenvalue weighted by Crippen LogP contribution is -2.36. The summed E-state index contributed by atoms with van der Waals surface area (Å²) in [7, 11) is 0. The van der Waals surface area contributed by atoms with Crippen LogP contribution < -0.4 is 15.8 Å². The van der Waals surface area contributed by atoms with Crippen molar-refractivity contribution < 1.29 is 14.3 Å². The lowest BCUT2D eigenvalue weighted by atomic mass is 10.2. The van der Waals surface area contributed by atoms with Crippen LogP contribution in [0.4, 0.5) is 0 Å². The molecule has 1 fully saturated rings. The lowest BCUT2D eigenvalue weighted by molar-refractivity contribution is -0.123. The van der Waals surface area contributed by atoms with Crippen LogP contribution in [0, 0.1) is 0 Å². The molecule has 0 heterocycles. The maximum absolute atomic E-state index is 11.6. The summed E-state index contributed by atoms with van der Waals surface area (Å²) >= 11 is 0. The molecule has 0 radical (unpaired) electrons. The first-order valence-electron chi connectivity index (χ1n) is 6.47. The number of benzene rings is 1. The average Bonchev–Trinajstić information content (AvgIpc) is 2.89. The van der Waals surface area contributed by atoms with E-state index in [0.717, 1.165) is 12.8 Å². The van der Waals surface area contributed by atoms with Crippen LogP contribution in [0.2, 0.25) is 0 Å². The van der Waals surface area contributed by atoms with E-state index in [4.69, 9.17) is 10.5 Å². The van der Waals surface area contributed by atoms with Crippen LogP contribution in [0.3, 0.4) is 0 Å². The number of hydrogen-bond acceptors (Lipinski definition) is 3. The van der Waals surface area contributed by atoms with Gasteiger partial charge in [0.05, 0.1) is 0 Å². The molecule has 0 bridgehead atoms. The van der Waals surface area contributed by atoms with Crippen molar-refractivity contribution in [2.24, 2.45) is 5.73 Å². The fourth-order valence-corrected chi connectivity index (χ4v) is 2.20. The molecule has 1 aromatic carbocycles. The van der Waals surface area contributed by atoms with Crippen molar-refractivity contribution in [3.8, 4) is 5.75 Å². The molecule has 3 N–H and O–H groups in total. The zero-order valence-electron chi connectivity index (χ0n) is 10.7. The van der Waals surface area contributed by atoms with Gasteiger partial charge < -0.3 is 15.8 Å². The number of carbonyl (C=O) groups is 2. The predicted molar refractivity (Wildman–Crippen MR) is 70.9 cm³/mol. The highest BCUT2D eigenvalue weighted by Crippen LogP contribution is 2.17. The first-order chi connectivity index (χ1) is 9.15. The van der Waals surface area contributed by atoms with Gasteiger partial charge in [0.25, 0.3) is 5.91 Å². The van der Waals surface area contributed by atoms with Crippen LogP contribution in [0.25, 0.3) is 0 Å². The number of amides is 2. The van der Waals surface area contributed by atoms with E-state index in [1.54, 1.807) is 24.3 Å². The van der Waals surface area contributed by atoms with E-state index in [-0.39, 0.29) is 12.5 Å². The van der Waals surface area contributed by atoms with Gasteiger partial charge in [-0.15, -0.1) is 0 Å². The SMILES string of the molecule is NC(=O)c1ccc(OCC(=O)NC2CCCC2)cc1. The van der Waals surface area contributed by atoms with Crippen molar-refractivity contribution in [2.45, 2.75) is 31.7 Å². The van der Waals surface area contributed by atoms with E-state index >= 15 is 0 Å². The van der Waals surface area contributed by atoms with Crippen LogP contribution in [0.15, 0.2) is 24.3 Å². The third-order valence-electron chi connectivity index (χ3n) is 3.23. The smallest absolute Gasteiger partial charge is 0.258 e. The van der Waals surface area contributed by atoms with Gasteiger partial charge >= 0.3 is 0 Å². The second kappa shape index (κ2) is 6.22. The molecule has 1 aromatic rings. The first kappa shape index (κ1) is 13.4. The van der Waals surface area contributed by atoms with E-state index < -0.39 is 5.91 Å². The largest absolute Gasteiger partial charge is 0.484 e. The Kier molecular flexibility index (Phi) is 4.39. The number of nitrogens with two attached hydrogens (primary N) is 1. The van der Waals surface area contributed by atoms with Gasteiger partial charge in [-0.1, -0.05) is 12.8 Å². The summed E-state index contributed by atoms with van der Waals surface area (Å²) in [6.07, 6.45) is 4.47. The molecular weight excluding hydrogens is 244 g/mol. The summed E-state index contributed by atoms with van der Waals surface area (Å²) in [5.41, 5.74) is 5.55. The van der Waals surface area contributed by atoms with Crippen molar-refractivity contribution in [2.75, 3.05) is 6.61 Å². The molecule has 0 spiro atoms. The zero-order chi connectivity index (χ0) is 13.7. The number of primary amides is 1. The van der Waals surface area contributed by atoms with E-state index in [0.29, 0.717) is 17.4 Å². The maximum atomic E-state index is 11.6. The molecule has 0 unspecified atom stereocenters. The average molecular weight is 262 g/mol.